The summed E-state index contributed by atoms with van der Waals surface area (Å²) in [4.78, 5) is 4.60. The fourth-order valence-electron chi connectivity index (χ4n) is 7.00. The highest BCUT2D eigenvalue weighted by Gasteiger charge is 2.36. The summed E-state index contributed by atoms with van der Waals surface area (Å²) in [5.74, 6) is 0. The molecule has 0 saturated carbocycles. The van der Waals surface area contributed by atoms with Gasteiger partial charge in [-0.3, -0.25) is 0 Å². The molecule has 0 heterocycles. The summed E-state index contributed by atoms with van der Waals surface area (Å²) in [6, 6.07) is 54.3. The van der Waals surface area contributed by atoms with E-state index in [0.717, 1.165) is 39.7 Å². The lowest BCUT2D eigenvalue weighted by Gasteiger charge is -2.28. The third-order valence-electron chi connectivity index (χ3n) is 9.56. The lowest BCUT2D eigenvalue weighted by molar-refractivity contribution is 0.660. The number of anilines is 5. The first kappa shape index (κ1) is 32.4. The van der Waals surface area contributed by atoms with E-state index < -0.39 is 0 Å². The number of allylic oxidation sites excluding steroid dienone is 4. The first-order valence-electron chi connectivity index (χ1n) is 17.3. The van der Waals surface area contributed by atoms with Crippen LogP contribution in [-0.2, 0) is 5.41 Å². The van der Waals surface area contributed by atoms with Gasteiger partial charge >= 0.3 is 0 Å². The molecule has 0 amide bonds. The molecule has 2 nitrogen and oxygen atoms in total. The van der Waals surface area contributed by atoms with Gasteiger partial charge in [0.2, 0.25) is 0 Å². The molecule has 6 aromatic rings. The van der Waals surface area contributed by atoms with Crippen molar-refractivity contribution < 1.29 is 0 Å². The smallest absolute Gasteiger partial charge is 0.0465 e. The van der Waals surface area contributed by atoms with Gasteiger partial charge in [-0.25, -0.2) is 0 Å². The van der Waals surface area contributed by atoms with E-state index in [1.165, 1.54) is 27.8 Å². The average molecular weight is 647 g/mol. The largest absolute Gasteiger partial charge is 0.311 e. The molecule has 0 spiro atoms. The zero-order valence-corrected chi connectivity index (χ0v) is 29.0. The van der Waals surface area contributed by atoms with Crippen molar-refractivity contribution in [2.24, 2.45) is 0 Å². The number of hydrogen-bond acceptors (Lipinski definition) is 2. The Kier molecular flexibility index (Phi) is 9.18. The van der Waals surface area contributed by atoms with Crippen LogP contribution in [0.5, 0.6) is 0 Å². The zero-order chi connectivity index (χ0) is 34.5. The standard InChI is InChI=1S/C48H42N2/c1-5-7-17-38(6-2)49(39-18-11-8-12-19-39)42-29-26-36(27-30-42)24-25-37-28-32-44-45-33-31-43(35-47(45)48(3,4)46(44)34-37)50(40-20-13-9-14-21-40)41-22-15-10-16-23-41/h5-35H,1H2,2-4H3. The van der Waals surface area contributed by atoms with Crippen molar-refractivity contribution in [1.82, 2.24) is 0 Å². The van der Waals surface area contributed by atoms with Crippen LogP contribution >= 0.6 is 0 Å². The van der Waals surface area contributed by atoms with Gasteiger partial charge in [-0.1, -0.05) is 142 Å². The molecule has 1 aliphatic rings. The summed E-state index contributed by atoms with van der Waals surface area (Å²) in [6.45, 7) is 10.6. The Morgan fingerprint density at radius 2 is 1.02 bits per heavy atom. The SMILES string of the molecule is C=CC=CC(=CC)N(c1ccccc1)c1ccc(C=Cc2ccc3c(c2)C(C)(C)c2cc(N(c4ccccc4)c4ccccc4)ccc2-3)cc1. The highest BCUT2D eigenvalue weighted by molar-refractivity contribution is 5.87. The minimum atomic E-state index is -0.142. The van der Waals surface area contributed by atoms with Crippen molar-refractivity contribution in [1.29, 1.82) is 0 Å². The predicted octanol–water partition coefficient (Wildman–Crippen LogP) is 13.4. The van der Waals surface area contributed by atoms with Crippen molar-refractivity contribution in [2.75, 3.05) is 9.80 Å². The van der Waals surface area contributed by atoms with Crippen molar-refractivity contribution in [3.05, 3.63) is 210 Å². The Morgan fingerprint density at radius 1 is 0.540 bits per heavy atom. The monoisotopic (exact) mass is 646 g/mol. The second-order valence-corrected chi connectivity index (χ2v) is 13.1. The maximum atomic E-state index is 3.85. The fourth-order valence-corrected chi connectivity index (χ4v) is 7.00. The van der Waals surface area contributed by atoms with Crippen molar-refractivity contribution in [3.63, 3.8) is 0 Å². The van der Waals surface area contributed by atoms with Crippen LogP contribution in [0.3, 0.4) is 0 Å². The molecule has 0 aliphatic heterocycles. The summed E-state index contributed by atoms with van der Waals surface area (Å²) < 4.78 is 0. The van der Waals surface area contributed by atoms with E-state index in [2.05, 4.69) is 207 Å². The van der Waals surface area contributed by atoms with Crippen LogP contribution in [0.25, 0.3) is 23.3 Å². The van der Waals surface area contributed by atoms with Crippen LogP contribution in [0.1, 0.15) is 43.0 Å². The number of fused-ring (bicyclic) bond motifs is 3. The molecule has 0 atom stereocenters. The molecule has 0 bridgehead atoms. The minimum Gasteiger partial charge on any atom is -0.311 e. The maximum Gasteiger partial charge on any atom is 0.0465 e. The van der Waals surface area contributed by atoms with E-state index >= 15 is 0 Å². The van der Waals surface area contributed by atoms with Crippen LogP contribution in [0.15, 0.2) is 188 Å². The van der Waals surface area contributed by atoms with Gasteiger partial charge in [0.1, 0.15) is 0 Å². The lowest BCUT2D eigenvalue weighted by Crippen LogP contribution is -2.16. The van der Waals surface area contributed by atoms with Crippen molar-refractivity contribution in [3.8, 4) is 11.1 Å². The van der Waals surface area contributed by atoms with Gasteiger partial charge in [0, 0.05) is 39.5 Å². The third kappa shape index (κ3) is 6.36. The first-order valence-corrected chi connectivity index (χ1v) is 17.3. The molecule has 2 heteroatoms. The number of rotatable bonds is 10. The number of hydrogen-bond donors (Lipinski definition) is 0. The van der Waals surface area contributed by atoms with Crippen molar-refractivity contribution in [2.45, 2.75) is 26.2 Å². The molecule has 0 N–H and O–H groups in total. The quantitative estimate of drug-likeness (QED) is 0.108. The zero-order valence-electron chi connectivity index (χ0n) is 29.0. The van der Waals surface area contributed by atoms with Gasteiger partial charge in [0.05, 0.1) is 0 Å². The second-order valence-electron chi connectivity index (χ2n) is 13.1. The molecule has 7 rings (SSSR count). The molecule has 6 aromatic carbocycles. The highest BCUT2D eigenvalue weighted by atomic mass is 15.1. The summed E-state index contributed by atoms with van der Waals surface area (Å²) in [6.07, 6.45) is 12.4. The minimum absolute atomic E-state index is 0.142. The van der Waals surface area contributed by atoms with Gasteiger partial charge in [-0.15, -0.1) is 0 Å². The molecule has 244 valence electrons. The Morgan fingerprint density at radius 3 is 1.60 bits per heavy atom. The molecule has 1 aliphatic carbocycles. The molecular formula is C48H42N2. The number of benzene rings is 6. The number of nitrogens with zero attached hydrogens (tertiary/aromatic N) is 2. The normalized spacial score (nSPS) is 13.3. The van der Waals surface area contributed by atoms with Gasteiger partial charge in [0.25, 0.3) is 0 Å². The van der Waals surface area contributed by atoms with Gasteiger partial charge < -0.3 is 9.80 Å². The summed E-state index contributed by atoms with van der Waals surface area (Å²) in [5.41, 5.74) is 14.3. The molecule has 0 aromatic heterocycles. The average Bonchev–Trinajstić information content (AvgIpc) is 3.39. The van der Waals surface area contributed by atoms with Crippen LogP contribution in [0, 0.1) is 0 Å². The molecule has 0 radical (unpaired) electrons. The van der Waals surface area contributed by atoms with Gasteiger partial charge in [-0.2, -0.15) is 0 Å². The van der Waals surface area contributed by atoms with Crippen LogP contribution in [0.2, 0.25) is 0 Å². The van der Waals surface area contributed by atoms with Crippen LogP contribution in [0.4, 0.5) is 28.4 Å². The Bertz CT molecular complexity index is 2150. The summed E-state index contributed by atoms with van der Waals surface area (Å²) in [5, 5.41) is 0. The van der Waals surface area contributed by atoms with Crippen molar-refractivity contribution >= 4 is 40.6 Å². The second kappa shape index (κ2) is 14.2. The number of para-hydroxylation sites is 3. The van der Waals surface area contributed by atoms with Crippen LogP contribution in [-0.4, -0.2) is 0 Å². The highest BCUT2D eigenvalue weighted by Crippen LogP contribution is 2.51. The predicted molar refractivity (Wildman–Crippen MR) is 216 cm³/mol. The molecule has 0 fully saturated rings. The maximum absolute atomic E-state index is 3.85. The van der Waals surface area contributed by atoms with Gasteiger partial charge in [-0.05, 0) is 107 Å². The molecular weight excluding hydrogens is 605 g/mol. The van der Waals surface area contributed by atoms with E-state index in [-0.39, 0.29) is 5.41 Å². The Hall–Kier alpha value is -6.12. The Labute approximate surface area is 297 Å². The fraction of sp³-hybridized carbons (Fsp3) is 0.0833. The van der Waals surface area contributed by atoms with E-state index in [0.29, 0.717) is 0 Å². The van der Waals surface area contributed by atoms with E-state index in [9.17, 15) is 0 Å². The molecule has 50 heavy (non-hydrogen) atoms. The van der Waals surface area contributed by atoms with E-state index in [4.69, 9.17) is 0 Å². The van der Waals surface area contributed by atoms with Crippen LogP contribution < -0.4 is 9.80 Å². The van der Waals surface area contributed by atoms with Gasteiger partial charge in [0.15, 0.2) is 0 Å². The Balaban J connectivity index is 1.16. The lowest BCUT2D eigenvalue weighted by atomic mass is 9.81. The molecule has 0 unspecified atom stereocenters. The topological polar surface area (TPSA) is 6.48 Å². The van der Waals surface area contributed by atoms with E-state index in [1.54, 1.807) is 0 Å². The first-order chi connectivity index (χ1) is 24.5. The summed E-state index contributed by atoms with van der Waals surface area (Å²) >= 11 is 0. The third-order valence-corrected chi connectivity index (χ3v) is 9.56. The van der Waals surface area contributed by atoms with E-state index in [1.807, 2.05) is 18.2 Å². The summed E-state index contributed by atoms with van der Waals surface area (Å²) in [7, 11) is 0. The molecule has 0 saturated heterocycles.